The highest BCUT2D eigenvalue weighted by atomic mass is 35.5. The van der Waals surface area contributed by atoms with Gasteiger partial charge in [0.15, 0.2) is 11.5 Å². The van der Waals surface area contributed by atoms with Crippen LogP contribution in [-0.2, 0) is 9.32 Å². The Morgan fingerprint density at radius 3 is 2.70 bits per heavy atom. The molecule has 0 radical (unpaired) electrons. The highest BCUT2D eigenvalue weighted by molar-refractivity contribution is 7.93. The first-order valence-corrected chi connectivity index (χ1v) is 10.2. The third kappa shape index (κ3) is 5.56. The molecule has 8 nitrogen and oxygen atoms in total. The lowest BCUT2D eigenvalue weighted by Crippen LogP contribution is -2.46. The third-order valence-electron chi connectivity index (χ3n) is 4.28. The van der Waals surface area contributed by atoms with E-state index in [1.165, 1.54) is 18.4 Å². The molecule has 1 saturated heterocycles. The van der Waals surface area contributed by atoms with Gasteiger partial charge in [-0.1, -0.05) is 11.6 Å². The van der Waals surface area contributed by atoms with Crippen LogP contribution in [0.1, 0.15) is 6.42 Å². The molecule has 1 aliphatic rings. The zero-order chi connectivity index (χ0) is 19.1. The highest BCUT2D eigenvalue weighted by Gasteiger charge is 2.18. The number of fused-ring (bicyclic) bond motifs is 1. The van der Waals surface area contributed by atoms with Crippen LogP contribution in [-0.4, -0.2) is 72.6 Å². The Kier molecular flexibility index (Phi) is 7.74. The van der Waals surface area contributed by atoms with E-state index in [0.717, 1.165) is 50.0 Å². The summed E-state index contributed by atoms with van der Waals surface area (Å²) in [5.41, 5.74) is 0.731. The molecule has 0 saturated carbocycles. The Hall–Kier alpha value is -1.36. The molecule has 1 fully saturated rings. The van der Waals surface area contributed by atoms with Gasteiger partial charge in [-0.15, -0.1) is 9.32 Å². The summed E-state index contributed by atoms with van der Waals surface area (Å²) >= 11 is 7.31. The third-order valence-corrected chi connectivity index (χ3v) is 4.78. The Morgan fingerprint density at radius 1 is 1.15 bits per heavy atom. The predicted molar refractivity (Wildman–Crippen MR) is 105 cm³/mol. The molecule has 0 bridgehead atoms. The molecule has 27 heavy (non-hydrogen) atoms. The Labute approximate surface area is 167 Å². The summed E-state index contributed by atoms with van der Waals surface area (Å²) in [6.45, 7) is 5.06. The van der Waals surface area contributed by atoms with E-state index >= 15 is 0 Å². The van der Waals surface area contributed by atoms with E-state index in [0.29, 0.717) is 23.3 Å². The van der Waals surface area contributed by atoms with Gasteiger partial charge in [-0.25, -0.2) is 9.97 Å². The van der Waals surface area contributed by atoms with Crippen molar-refractivity contribution in [2.45, 2.75) is 6.42 Å². The van der Waals surface area contributed by atoms with Crippen molar-refractivity contribution in [2.75, 3.05) is 52.7 Å². The molecule has 0 atom stereocenters. The number of methoxy groups -OCH3 is 1. The van der Waals surface area contributed by atoms with Gasteiger partial charge in [0.05, 0.1) is 19.2 Å². The summed E-state index contributed by atoms with van der Waals surface area (Å²) in [6.07, 6.45) is 4.17. The van der Waals surface area contributed by atoms with Crippen molar-refractivity contribution in [3.05, 3.63) is 23.6 Å². The maximum absolute atomic E-state index is 6.12. The molecule has 1 aliphatic heterocycles. The van der Waals surface area contributed by atoms with Crippen LogP contribution in [0.15, 0.2) is 18.5 Å². The van der Waals surface area contributed by atoms with Gasteiger partial charge in [0.25, 0.3) is 0 Å². The first-order valence-electron chi connectivity index (χ1n) is 8.67. The van der Waals surface area contributed by atoms with Crippen LogP contribution in [0.5, 0.6) is 11.5 Å². The number of nitrogens with zero attached hydrogens (tertiary/aromatic N) is 4. The predicted octanol–water partition coefficient (Wildman–Crippen LogP) is 2.82. The molecule has 10 heteroatoms. The van der Waals surface area contributed by atoms with Crippen LogP contribution in [0.4, 0.5) is 0 Å². The number of hydroxylamine groups is 2. The normalized spacial score (nSPS) is 16.0. The molecule has 148 valence electrons. The molecule has 0 N–H and O–H groups in total. The summed E-state index contributed by atoms with van der Waals surface area (Å²) in [6, 6.07) is 3.65. The summed E-state index contributed by atoms with van der Waals surface area (Å²) < 4.78 is 16.2. The molecule has 3 rings (SSSR count). The van der Waals surface area contributed by atoms with E-state index in [1.54, 1.807) is 7.11 Å². The molecule has 2 heterocycles. The molecule has 0 unspecified atom stereocenters. The molecule has 0 amide bonds. The zero-order valence-electron chi connectivity index (χ0n) is 15.4. The van der Waals surface area contributed by atoms with Crippen molar-refractivity contribution in [3.63, 3.8) is 0 Å². The first-order chi connectivity index (χ1) is 13.2. The highest BCUT2D eigenvalue weighted by Crippen LogP contribution is 2.33. The summed E-state index contributed by atoms with van der Waals surface area (Å²) in [5, 5.41) is 2.97. The number of hydrogen-bond acceptors (Lipinski definition) is 9. The lowest BCUT2D eigenvalue weighted by Gasteiger charge is -2.32. The van der Waals surface area contributed by atoms with Crippen molar-refractivity contribution < 1.29 is 18.8 Å². The smallest absolute Gasteiger partial charge is 0.163 e. The average molecular weight is 415 g/mol. The van der Waals surface area contributed by atoms with Gasteiger partial charge in [0.1, 0.15) is 11.5 Å². The number of piperazine rings is 1. The van der Waals surface area contributed by atoms with E-state index in [-0.39, 0.29) is 0 Å². The zero-order valence-corrected chi connectivity index (χ0v) is 17.0. The number of benzene rings is 1. The van der Waals surface area contributed by atoms with Gasteiger partial charge in [-0.3, -0.25) is 0 Å². The Bertz CT molecular complexity index is 746. The molecule has 0 spiro atoms. The van der Waals surface area contributed by atoms with Crippen molar-refractivity contribution in [1.29, 1.82) is 0 Å². The first kappa shape index (κ1) is 20.4. The standard InChI is InChI=1S/C17H23ClN4O4S/c1-23-15-10-13-14(19-12-20-17(13)18)11-16(15)24-9-3-4-21-5-7-22(8-6-21)25-26-27-2/h10-12H,3-9H2,1-2H3. The van der Waals surface area contributed by atoms with Crippen LogP contribution in [0.25, 0.3) is 10.9 Å². The molecule has 2 aromatic rings. The summed E-state index contributed by atoms with van der Waals surface area (Å²) in [7, 11) is 1.61. The average Bonchev–Trinajstić information content (AvgIpc) is 2.70. The van der Waals surface area contributed by atoms with Crippen LogP contribution in [0.3, 0.4) is 0 Å². The van der Waals surface area contributed by atoms with Crippen molar-refractivity contribution >= 4 is 34.5 Å². The van der Waals surface area contributed by atoms with Gasteiger partial charge in [0, 0.05) is 62.5 Å². The van der Waals surface area contributed by atoms with Crippen LogP contribution in [0, 0.1) is 0 Å². The van der Waals surface area contributed by atoms with Gasteiger partial charge >= 0.3 is 0 Å². The van der Waals surface area contributed by atoms with E-state index in [1.807, 2.05) is 23.5 Å². The van der Waals surface area contributed by atoms with Gasteiger partial charge < -0.3 is 14.4 Å². The second-order valence-electron chi connectivity index (χ2n) is 5.97. The quantitative estimate of drug-likeness (QED) is 0.202. The largest absolute Gasteiger partial charge is 0.493 e. The number of halogens is 1. The SMILES string of the molecule is COc1cc2c(Cl)ncnc2cc1OCCCN1CCN(OOSC)CC1. The van der Waals surface area contributed by atoms with E-state index in [4.69, 9.17) is 30.4 Å². The Balaban J connectivity index is 1.47. The van der Waals surface area contributed by atoms with Crippen molar-refractivity contribution in [3.8, 4) is 11.5 Å². The number of hydrogen-bond donors (Lipinski definition) is 0. The van der Waals surface area contributed by atoms with Crippen LogP contribution < -0.4 is 9.47 Å². The van der Waals surface area contributed by atoms with Crippen LogP contribution in [0.2, 0.25) is 5.15 Å². The fourth-order valence-electron chi connectivity index (χ4n) is 2.88. The molecular weight excluding hydrogens is 392 g/mol. The summed E-state index contributed by atoms with van der Waals surface area (Å²) in [5.74, 6) is 1.28. The second kappa shape index (κ2) is 10.3. The number of rotatable bonds is 9. The minimum atomic E-state index is 0.399. The van der Waals surface area contributed by atoms with E-state index in [9.17, 15) is 0 Å². The lowest BCUT2D eigenvalue weighted by molar-refractivity contribution is -0.365. The second-order valence-corrected chi connectivity index (χ2v) is 6.79. The topological polar surface area (TPSA) is 69.2 Å². The maximum Gasteiger partial charge on any atom is 0.163 e. The molecule has 1 aromatic carbocycles. The number of ether oxygens (including phenoxy) is 2. The molecule has 0 aliphatic carbocycles. The maximum atomic E-state index is 6.12. The Morgan fingerprint density at radius 2 is 1.96 bits per heavy atom. The minimum absolute atomic E-state index is 0.399. The summed E-state index contributed by atoms with van der Waals surface area (Å²) in [4.78, 5) is 15.8. The van der Waals surface area contributed by atoms with Crippen molar-refractivity contribution in [2.24, 2.45) is 0 Å². The van der Waals surface area contributed by atoms with Gasteiger partial charge in [-0.05, 0) is 12.5 Å². The van der Waals surface area contributed by atoms with Crippen LogP contribution >= 0.6 is 23.6 Å². The molecular formula is C17H23ClN4O4S. The van der Waals surface area contributed by atoms with Gasteiger partial charge in [0.2, 0.25) is 0 Å². The van der Waals surface area contributed by atoms with Gasteiger partial charge in [-0.2, -0.15) is 5.06 Å². The fourth-order valence-corrected chi connectivity index (χ4v) is 3.22. The lowest BCUT2D eigenvalue weighted by atomic mass is 10.2. The molecule has 1 aromatic heterocycles. The number of aromatic nitrogens is 2. The van der Waals surface area contributed by atoms with E-state index in [2.05, 4.69) is 14.9 Å². The van der Waals surface area contributed by atoms with E-state index < -0.39 is 0 Å². The fraction of sp³-hybridized carbons (Fsp3) is 0.529. The van der Waals surface area contributed by atoms with Crippen molar-refractivity contribution in [1.82, 2.24) is 19.9 Å². The monoisotopic (exact) mass is 414 g/mol. The minimum Gasteiger partial charge on any atom is -0.493 e.